The highest BCUT2D eigenvalue weighted by Crippen LogP contribution is 2.31. The molecule has 0 amide bonds. The first kappa shape index (κ1) is 34.4. The summed E-state index contributed by atoms with van der Waals surface area (Å²) in [6, 6.07) is 28.0. The fraction of sp³-hybridized carbons (Fsp3) is 0.209. The minimum Gasteiger partial charge on any atom is -0.369 e. The Morgan fingerprint density at radius 2 is 1.36 bits per heavy atom. The summed E-state index contributed by atoms with van der Waals surface area (Å²) in [5.74, 6) is -1.06. The van der Waals surface area contributed by atoms with Crippen LogP contribution in [0.15, 0.2) is 144 Å². The minimum absolute atomic E-state index is 0.115. The first-order chi connectivity index (χ1) is 24.4. The van der Waals surface area contributed by atoms with Gasteiger partial charge >= 0.3 is 0 Å². The van der Waals surface area contributed by atoms with Crippen molar-refractivity contribution in [3.05, 3.63) is 190 Å². The van der Waals surface area contributed by atoms with E-state index in [1.165, 1.54) is 36.4 Å². The molecule has 0 atom stereocenters. The van der Waals surface area contributed by atoms with Crippen molar-refractivity contribution in [3.8, 4) is 6.07 Å². The summed E-state index contributed by atoms with van der Waals surface area (Å²) in [5.41, 5.74) is 6.47. The minimum atomic E-state index is -0.331. The van der Waals surface area contributed by atoms with Crippen LogP contribution < -0.4 is 0 Å². The molecule has 0 radical (unpaired) electrons. The Labute approximate surface area is 291 Å². The second kappa shape index (κ2) is 16.3. The van der Waals surface area contributed by atoms with Crippen LogP contribution in [0.4, 0.5) is 13.2 Å². The Morgan fingerprint density at radius 3 is 1.98 bits per heavy atom. The molecule has 1 fully saturated rings. The molecule has 1 heterocycles. The quantitative estimate of drug-likeness (QED) is 0.125. The molecule has 4 aromatic rings. The SMILES string of the molecule is N#Cc1cccc(C(=O)/C(=C\CC2=C/CC/C=C(N3CCN(C(c4ccc(F)cc4)c4ccc(F)cc4)CC3)/C=C\2)Cc2ccc(F)cc2)c1. The number of piperazine rings is 1. The van der Waals surface area contributed by atoms with E-state index in [1.807, 2.05) is 6.08 Å². The van der Waals surface area contributed by atoms with E-state index in [9.17, 15) is 23.2 Å². The van der Waals surface area contributed by atoms with Gasteiger partial charge in [0, 0.05) is 49.4 Å². The zero-order valence-corrected chi connectivity index (χ0v) is 27.7. The molecule has 0 bridgehead atoms. The van der Waals surface area contributed by atoms with E-state index in [2.05, 4.69) is 40.2 Å². The van der Waals surface area contributed by atoms with Gasteiger partial charge in [-0.05, 0) is 96.1 Å². The maximum absolute atomic E-state index is 13.8. The molecule has 0 aromatic heterocycles. The van der Waals surface area contributed by atoms with Crippen LogP contribution in [0.2, 0.25) is 0 Å². The molecule has 50 heavy (non-hydrogen) atoms. The number of hydrogen-bond acceptors (Lipinski definition) is 4. The lowest BCUT2D eigenvalue weighted by Crippen LogP contribution is -2.47. The van der Waals surface area contributed by atoms with E-state index in [0.29, 0.717) is 29.5 Å². The van der Waals surface area contributed by atoms with Crippen LogP contribution in [0.25, 0.3) is 0 Å². The molecule has 1 aliphatic heterocycles. The molecule has 1 saturated heterocycles. The third-order valence-corrected chi connectivity index (χ3v) is 9.25. The predicted molar refractivity (Wildman–Crippen MR) is 191 cm³/mol. The van der Waals surface area contributed by atoms with Crippen molar-refractivity contribution in [2.75, 3.05) is 26.2 Å². The Bertz CT molecular complexity index is 1920. The Balaban J connectivity index is 1.15. The average Bonchev–Trinajstić information content (AvgIpc) is 3.13. The highest BCUT2D eigenvalue weighted by Gasteiger charge is 2.27. The van der Waals surface area contributed by atoms with E-state index in [1.54, 1.807) is 60.7 Å². The zero-order valence-electron chi connectivity index (χ0n) is 27.7. The van der Waals surface area contributed by atoms with Gasteiger partial charge in [0.25, 0.3) is 0 Å². The third-order valence-electron chi connectivity index (χ3n) is 9.25. The van der Waals surface area contributed by atoms with E-state index >= 15 is 0 Å². The van der Waals surface area contributed by atoms with Crippen molar-refractivity contribution in [2.24, 2.45) is 0 Å². The summed E-state index contributed by atoms with van der Waals surface area (Å²) in [6.45, 7) is 3.15. The van der Waals surface area contributed by atoms with E-state index in [0.717, 1.165) is 67.0 Å². The molecule has 2 aliphatic rings. The van der Waals surface area contributed by atoms with Crippen molar-refractivity contribution in [1.82, 2.24) is 9.80 Å². The molecule has 0 saturated carbocycles. The van der Waals surface area contributed by atoms with Crippen LogP contribution in [-0.2, 0) is 6.42 Å². The molecule has 6 rings (SSSR count). The second-order valence-corrected chi connectivity index (χ2v) is 12.6. The first-order valence-corrected chi connectivity index (χ1v) is 16.9. The lowest BCUT2D eigenvalue weighted by Gasteiger charge is -2.41. The van der Waals surface area contributed by atoms with Gasteiger partial charge in [-0.1, -0.05) is 72.8 Å². The number of ketones is 1. The van der Waals surface area contributed by atoms with Crippen LogP contribution in [0.3, 0.4) is 0 Å². The largest absolute Gasteiger partial charge is 0.369 e. The standard InChI is InChI=1S/C43H38F3N3O/c44-38-17-9-32(10-18-38)28-37(43(50)36-6-3-5-33(29-36)30-47)12-8-31-4-1-2-7-41(23-11-31)48-24-26-49(27-25-48)42(34-13-19-39(45)20-14-34)35-15-21-40(46)22-16-35/h3-7,9-23,29,42H,1-2,8,24-28H2/b23-11-,31-4-,37-12-,41-7-. The molecule has 4 nitrogen and oxygen atoms in total. The van der Waals surface area contributed by atoms with Crippen molar-refractivity contribution < 1.29 is 18.0 Å². The molecular weight excluding hydrogens is 631 g/mol. The Hall–Kier alpha value is -5.45. The summed E-state index contributed by atoms with van der Waals surface area (Å²) in [4.78, 5) is 18.4. The van der Waals surface area contributed by atoms with Crippen LogP contribution >= 0.6 is 0 Å². The van der Waals surface area contributed by atoms with Crippen molar-refractivity contribution >= 4 is 5.78 Å². The number of carbonyl (C=O) groups excluding carboxylic acids is 1. The highest BCUT2D eigenvalue weighted by molar-refractivity contribution is 6.09. The van der Waals surface area contributed by atoms with E-state index < -0.39 is 0 Å². The van der Waals surface area contributed by atoms with Gasteiger partial charge in [-0.25, -0.2) is 13.2 Å². The molecule has 0 N–H and O–H groups in total. The highest BCUT2D eigenvalue weighted by atomic mass is 19.1. The summed E-state index contributed by atoms with van der Waals surface area (Å²) < 4.78 is 41.2. The number of rotatable bonds is 10. The zero-order chi connectivity index (χ0) is 34.9. The number of carbonyl (C=O) groups is 1. The monoisotopic (exact) mass is 669 g/mol. The van der Waals surface area contributed by atoms with Gasteiger partial charge in [0.1, 0.15) is 17.5 Å². The molecular formula is C43H38F3N3O. The van der Waals surface area contributed by atoms with Crippen LogP contribution in [0.1, 0.15) is 57.9 Å². The molecule has 1 aliphatic carbocycles. The maximum Gasteiger partial charge on any atom is 0.189 e. The fourth-order valence-electron chi connectivity index (χ4n) is 6.58. The van der Waals surface area contributed by atoms with Crippen LogP contribution in [0, 0.1) is 28.8 Å². The summed E-state index contributed by atoms with van der Waals surface area (Å²) in [6.07, 6.45) is 13.3. The van der Waals surface area contributed by atoms with Crippen molar-refractivity contribution in [2.45, 2.75) is 31.7 Å². The maximum atomic E-state index is 13.8. The predicted octanol–water partition coefficient (Wildman–Crippen LogP) is 9.28. The summed E-state index contributed by atoms with van der Waals surface area (Å²) in [5, 5.41) is 9.37. The number of nitriles is 1. The van der Waals surface area contributed by atoms with Gasteiger partial charge < -0.3 is 4.90 Å². The average molecular weight is 670 g/mol. The number of hydrogen-bond donors (Lipinski definition) is 0. The van der Waals surface area contributed by atoms with Gasteiger partial charge in [-0.2, -0.15) is 5.26 Å². The molecule has 252 valence electrons. The summed E-state index contributed by atoms with van der Waals surface area (Å²) in [7, 11) is 0. The van der Waals surface area contributed by atoms with Crippen molar-refractivity contribution in [1.29, 1.82) is 5.26 Å². The van der Waals surface area contributed by atoms with Crippen LogP contribution in [-0.4, -0.2) is 41.8 Å². The van der Waals surface area contributed by atoms with E-state index in [-0.39, 0.29) is 29.3 Å². The molecule has 4 aromatic carbocycles. The lowest BCUT2D eigenvalue weighted by molar-refractivity contribution is 0.103. The molecule has 7 heteroatoms. The number of allylic oxidation sites excluding steroid dienone is 7. The van der Waals surface area contributed by atoms with Gasteiger partial charge in [-0.3, -0.25) is 9.69 Å². The van der Waals surface area contributed by atoms with Gasteiger partial charge in [-0.15, -0.1) is 0 Å². The van der Waals surface area contributed by atoms with Gasteiger partial charge in [0.15, 0.2) is 5.78 Å². The topological polar surface area (TPSA) is 47.3 Å². The second-order valence-electron chi connectivity index (χ2n) is 12.6. The number of benzene rings is 4. The lowest BCUT2D eigenvalue weighted by atomic mass is 9.94. The summed E-state index contributed by atoms with van der Waals surface area (Å²) >= 11 is 0. The Kier molecular flexibility index (Phi) is 11.2. The number of halogens is 3. The Morgan fingerprint density at radius 1 is 0.760 bits per heavy atom. The van der Waals surface area contributed by atoms with Crippen molar-refractivity contribution in [3.63, 3.8) is 0 Å². The van der Waals surface area contributed by atoms with Gasteiger partial charge in [0.2, 0.25) is 0 Å². The van der Waals surface area contributed by atoms with Gasteiger partial charge in [0.05, 0.1) is 17.7 Å². The number of nitrogens with zero attached hydrogens (tertiary/aromatic N) is 3. The smallest absolute Gasteiger partial charge is 0.189 e. The molecule has 0 spiro atoms. The van der Waals surface area contributed by atoms with Crippen LogP contribution in [0.5, 0.6) is 0 Å². The molecule has 0 unspecified atom stereocenters. The van der Waals surface area contributed by atoms with E-state index in [4.69, 9.17) is 0 Å². The first-order valence-electron chi connectivity index (χ1n) is 16.9. The third kappa shape index (κ3) is 8.76. The number of Topliss-reactive ketones (excluding diaryl/α,β-unsaturated/α-hetero) is 1. The fourth-order valence-corrected chi connectivity index (χ4v) is 6.58. The normalized spacial score (nSPS) is 18.3.